The molecule has 0 heterocycles. The van der Waals surface area contributed by atoms with Gasteiger partial charge in [-0.25, -0.2) is 4.79 Å². The van der Waals surface area contributed by atoms with Crippen LogP contribution in [0.3, 0.4) is 0 Å². The third-order valence-electron chi connectivity index (χ3n) is 4.01. The summed E-state index contributed by atoms with van der Waals surface area (Å²) in [6.07, 6.45) is 0.105. The van der Waals surface area contributed by atoms with Crippen molar-refractivity contribution in [3.63, 3.8) is 0 Å². The number of benzene rings is 1. The minimum absolute atomic E-state index is 0.105. The highest BCUT2D eigenvalue weighted by molar-refractivity contribution is 6.05. The highest BCUT2D eigenvalue weighted by Crippen LogP contribution is 2.26. The van der Waals surface area contributed by atoms with E-state index in [4.69, 9.17) is 14.5 Å². The molecular formula is C23H35NO4. The number of rotatable bonds is 7. The van der Waals surface area contributed by atoms with Crippen molar-refractivity contribution in [2.24, 2.45) is 16.3 Å². The first-order valence-corrected chi connectivity index (χ1v) is 9.87. The molecule has 0 spiro atoms. The quantitative estimate of drug-likeness (QED) is 0.495. The Kier molecular flexibility index (Phi) is 8.40. The summed E-state index contributed by atoms with van der Waals surface area (Å²) >= 11 is 0. The van der Waals surface area contributed by atoms with Gasteiger partial charge in [0.1, 0.15) is 5.60 Å². The average Bonchev–Trinajstić information content (AvgIpc) is 2.53. The van der Waals surface area contributed by atoms with Crippen molar-refractivity contribution in [1.82, 2.24) is 0 Å². The predicted molar refractivity (Wildman–Crippen MR) is 112 cm³/mol. The van der Waals surface area contributed by atoms with Crippen molar-refractivity contribution < 1.29 is 19.1 Å². The van der Waals surface area contributed by atoms with Gasteiger partial charge in [-0.2, -0.15) is 0 Å². The second kappa shape index (κ2) is 9.85. The lowest BCUT2D eigenvalue weighted by Crippen LogP contribution is -2.37. The molecule has 0 aromatic heterocycles. The molecule has 0 aliphatic carbocycles. The van der Waals surface area contributed by atoms with Gasteiger partial charge in [-0.3, -0.25) is 9.79 Å². The van der Waals surface area contributed by atoms with Crippen LogP contribution in [0, 0.1) is 11.3 Å². The van der Waals surface area contributed by atoms with Gasteiger partial charge < -0.3 is 9.47 Å². The fraction of sp³-hybridized carbons (Fsp3) is 0.609. The smallest absolute Gasteiger partial charge is 0.331 e. The molecule has 0 N–H and O–H groups in total. The maximum atomic E-state index is 13.0. The van der Waals surface area contributed by atoms with E-state index in [1.165, 1.54) is 0 Å². The molecule has 0 saturated carbocycles. The van der Waals surface area contributed by atoms with Crippen LogP contribution in [0.25, 0.3) is 0 Å². The molecule has 1 aromatic rings. The molecule has 2 unspecified atom stereocenters. The lowest BCUT2D eigenvalue weighted by molar-refractivity contribution is -0.158. The summed E-state index contributed by atoms with van der Waals surface area (Å²) in [7, 11) is 0. The molecule has 0 aliphatic rings. The van der Waals surface area contributed by atoms with Gasteiger partial charge >= 0.3 is 11.9 Å². The van der Waals surface area contributed by atoms with Gasteiger partial charge in [-0.05, 0) is 39.2 Å². The largest absolute Gasteiger partial charge is 0.466 e. The Labute approximate surface area is 169 Å². The second-order valence-corrected chi connectivity index (χ2v) is 9.06. The summed E-state index contributed by atoms with van der Waals surface area (Å²) in [6.45, 7) is 15.5. The van der Waals surface area contributed by atoms with Crippen LogP contribution in [0.5, 0.6) is 0 Å². The Hall–Kier alpha value is -2.17. The standard InChI is InChI=1S/C23H35NO4/c1-9-27-18(25)15-16(2)19(21(26)28-23(6,7)8)24-20(22(3,4)5)17-13-11-10-12-14-17/h10-14,16,19H,9,15H2,1-8H3. The van der Waals surface area contributed by atoms with Gasteiger partial charge in [0.05, 0.1) is 13.0 Å². The molecule has 5 nitrogen and oxygen atoms in total. The van der Waals surface area contributed by atoms with Crippen LogP contribution in [0.1, 0.15) is 67.4 Å². The zero-order valence-corrected chi connectivity index (χ0v) is 18.5. The Bertz CT molecular complexity index is 681. The van der Waals surface area contributed by atoms with E-state index < -0.39 is 17.6 Å². The summed E-state index contributed by atoms with van der Waals surface area (Å²) in [5.74, 6) is -1.12. The van der Waals surface area contributed by atoms with Gasteiger partial charge in [-0.15, -0.1) is 0 Å². The predicted octanol–water partition coefficient (Wildman–Crippen LogP) is 4.82. The number of ether oxygens (including phenoxy) is 2. The van der Waals surface area contributed by atoms with Gasteiger partial charge in [0, 0.05) is 11.1 Å². The molecule has 5 heteroatoms. The maximum Gasteiger partial charge on any atom is 0.331 e. The number of esters is 2. The van der Waals surface area contributed by atoms with Crippen molar-refractivity contribution in [2.75, 3.05) is 6.61 Å². The van der Waals surface area contributed by atoms with Crippen molar-refractivity contribution in [2.45, 2.75) is 73.5 Å². The van der Waals surface area contributed by atoms with E-state index in [0.717, 1.165) is 11.3 Å². The highest BCUT2D eigenvalue weighted by Gasteiger charge is 2.33. The monoisotopic (exact) mass is 389 g/mol. The average molecular weight is 390 g/mol. The van der Waals surface area contributed by atoms with E-state index in [0.29, 0.717) is 6.61 Å². The van der Waals surface area contributed by atoms with E-state index in [9.17, 15) is 9.59 Å². The molecule has 0 amide bonds. The van der Waals surface area contributed by atoms with Gasteiger partial charge in [0.15, 0.2) is 6.04 Å². The molecule has 1 rings (SSSR count). The number of aliphatic imine (C=N–C) groups is 1. The maximum absolute atomic E-state index is 13.0. The molecule has 0 fully saturated rings. The number of hydrogen-bond donors (Lipinski definition) is 0. The third kappa shape index (κ3) is 7.83. The lowest BCUT2D eigenvalue weighted by Gasteiger charge is -2.28. The van der Waals surface area contributed by atoms with Gasteiger partial charge in [0.2, 0.25) is 0 Å². The highest BCUT2D eigenvalue weighted by atomic mass is 16.6. The zero-order valence-electron chi connectivity index (χ0n) is 18.5. The lowest BCUT2D eigenvalue weighted by atomic mass is 9.84. The fourth-order valence-corrected chi connectivity index (χ4v) is 2.81. The second-order valence-electron chi connectivity index (χ2n) is 9.06. The molecule has 0 aliphatic heterocycles. The molecule has 0 saturated heterocycles. The van der Waals surface area contributed by atoms with Gasteiger partial charge in [-0.1, -0.05) is 58.0 Å². The molecule has 2 atom stereocenters. The van der Waals surface area contributed by atoms with E-state index in [2.05, 4.69) is 20.8 Å². The molecular weight excluding hydrogens is 354 g/mol. The molecule has 0 radical (unpaired) electrons. The number of nitrogens with zero attached hydrogens (tertiary/aromatic N) is 1. The van der Waals surface area contributed by atoms with Crippen molar-refractivity contribution in [3.05, 3.63) is 35.9 Å². The van der Waals surface area contributed by atoms with Crippen LogP contribution in [-0.2, 0) is 19.1 Å². The van der Waals surface area contributed by atoms with E-state index in [1.54, 1.807) is 6.92 Å². The fourth-order valence-electron chi connectivity index (χ4n) is 2.81. The molecule has 0 bridgehead atoms. The van der Waals surface area contributed by atoms with Crippen LogP contribution in [0.15, 0.2) is 35.3 Å². The Morgan fingerprint density at radius 1 is 1.04 bits per heavy atom. The molecule has 28 heavy (non-hydrogen) atoms. The first-order chi connectivity index (χ1) is 12.8. The Balaban J connectivity index is 3.36. The zero-order chi connectivity index (χ0) is 21.5. The van der Waals surface area contributed by atoms with E-state index in [1.807, 2.05) is 58.0 Å². The summed E-state index contributed by atoms with van der Waals surface area (Å²) in [5, 5.41) is 0. The van der Waals surface area contributed by atoms with E-state index in [-0.39, 0.29) is 23.7 Å². The van der Waals surface area contributed by atoms with Crippen molar-refractivity contribution in [1.29, 1.82) is 0 Å². The van der Waals surface area contributed by atoms with Crippen LogP contribution < -0.4 is 0 Å². The molecule has 1 aromatic carbocycles. The Morgan fingerprint density at radius 3 is 2.07 bits per heavy atom. The van der Waals surface area contributed by atoms with Crippen LogP contribution in [0.4, 0.5) is 0 Å². The number of hydrogen-bond acceptors (Lipinski definition) is 5. The summed E-state index contributed by atoms with van der Waals surface area (Å²) in [5.41, 5.74) is 0.834. The van der Waals surface area contributed by atoms with Crippen molar-refractivity contribution >= 4 is 17.7 Å². The minimum atomic E-state index is -0.793. The van der Waals surface area contributed by atoms with Crippen molar-refractivity contribution in [3.8, 4) is 0 Å². The van der Waals surface area contributed by atoms with Crippen LogP contribution >= 0.6 is 0 Å². The van der Waals surface area contributed by atoms with Gasteiger partial charge in [0.25, 0.3) is 0 Å². The van der Waals surface area contributed by atoms with Crippen LogP contribution in [-0.4, -0.2) is 35.9 Å². The summed E-state index contributed by atoms with van der Waals surface area (Å²) < 4.78 is 10.7. The normalized spacial score (nSPS) is 14.9. The minimum Gasteiger partial charge on any atom is -0.466 e. The first kappa shape index (κ1) is 23.9. The first-order valence-electron chi connectivity index (χ1n) is 9.87. The Morgan fingerprint density at radius 2 is 1.61 bits per heavy atom. The third-order valence-corrected chi connectivity index (χ3v) is 4.01. The summed E-state index contributed by atoms with van der Waals surface area (Å²) in [4.78, 5) is 29.8. The molecule has 156 valence electrons. The van der Waals surface area contributed by atoms with E-state index >= 15 is 0 Å². The van der Waals surface area contributed by atoms with Crippen LogP contribution in [0.2, 0.25) is 0 Å². The number of carbonyl (C=O) groups is 2. The summed E-state index contributed by atoms with van der Waals surface area (Å²) in [6, 6.07) is 9.00. The SMILES string of the molecule is CCOC(=O)CC(C)C(N=C(c1ccccc1)C(C)(C)C)C(=O)OC(C)(C)C. The topological polar surface area (TPSA) is 65.0 Å². The number of carbonyl (C=O) groups excluding carboxylic acids is 2.